The summed E-state index contributed by atoms with van der Waals surface area (Å²) < 4.78 is 29.3. The Hall–Kier alpha value is -3.36. The first kappa shape index (κ1) is 27.2. The van der Waals surface area contributed by atoms with Gasteiger partial charge in [-0.05, 0) is 74.1 Å². The lowest BCUT2D eigenvalue weighted by Crippen LogP contribution is -2.42. The second kappa shape index (κ2) is 11.4. The Morgan fingerprint density at radius 1 is 1.18 bits per heavy atom. The number of carboxylic acid groups (broad SMARTS) is 1. The van der Waals surface area contributed by atoms with E-state index < -0.39 is 18.0 Å². The van der Waals surface area contributed by atoms with Gasteiger partial charge in [-0.2, -0.15) is 0 Å². The zero-order chi connectivity index (χ0) is 27.7. The Labute approximate surface area is 234 Å². The number of aromatic nitrogens is 1. The second-order valence-electron chi connectivity index (χ2n) is 9.88. The van der Waals surface area contributed by atoms with Crippen molar-refractivity contribution in [2.45, 2.75) is 42.1 Å². The van der Waals surface area contributed by atoms with Gasteiger partial charge in [0.1, 0.15) is 5.82 Å². The van der Waals surface area contributed by atoms with E-state index in [2.05, 4.69) is 4.98 Å². The van der Waals surface area contributed by atoms with Gasteiger partial charge in [-0.25, -0.2) is 13.6 Å². The van der Waals surface area contributed by atoms with Crippen LogP contribution in [0.5, 0.6) is 0 Å². The van der Waals surface area contributed by atoms with Crippen LogP contribution < -0.4 is 0 Å². The van der Waals surface area contributed by atoms with Crippen LogP contribution in [-0.4, -0.2) is 40.0 Å². The molecule has 0 bridgehead atoms. The van der Waals surface area contributed by atoms with Crippen molar-refractivity contribution >= 4 is 46.1 Å². The maximum Gasteiger partial charge on any atom is 0.335 e. The molecule has 1 amide bonds. The highest BCUT2D eigenvalue weighted by Crippen LogP contribution is 2.42. The molecule has 202 valence electrons. The van der Waals surface area contributed by atoms with Gasteiger partial charge in [-0.1, -0.05) is 47.6 Å². The molecule has 0 spiro atoms. The molecule has 39 heavy (non-hydrogen) atoms. The molecule has 1 fully saturated rings. The molecule has 1 aromatic heterocycles. The summed E-state index contributed by atoms with van der Waals surface area (Å²) in [7, 11) is 0. The van der Waals surface area contributed by atoms with Gasteiger partial charge in [-0.15, -0.1) is 0 Å². The maximum atomic E-state index is 16.0. The number of benzene rings is 3. The molecule has 9 heteroatoms. The number of aromatic amines is 1. The van der Waals surface area contributed by atoms with E-state index in [0.29, 0.717) is 30.4 Å². The van der Waals surface area contributed by atoms with Crippen LogP contribution in [0.15, 0.2) is 70.5 Å². The minimum Gasteiger partial charge on any atom is -0.478 e. The molecule has 5 nitrogen and oxygen atoms in total. The van der Waals surface area contributed by atoms with Gasteiger partial charge in [0.15, 0.2) is 0 Å². The number of H-pyrrole nitrogens is 1. The highest BCUT2D eigenvalue weighted by Gasteiger charge is 2.33. The number of nitrogens with zero attached hydrogens (tertiary/aromatic N) is 1. The van der Waals surface area contributed by atoms with Gasteiger partial charge < -0.3 is 15.0 Å². The predicted molar refractivity (Wildman–Crippen MR) is 149 cm³/mol. The summed E-state index contributed by atoms with van der Waals surface area (Å²) in [5.41, 5.74) is 2.49. The monoisotopic (exact) mass is 568 g/mol. The summed E-state index contributed by atoms with van der Waals surface area (Å²) >= 11 is 7.84. The SMILES string of the molecule is Cc1[nH]c2c(C(F)C(=O)N3CCCC(Cc4ccc(F)cc4)C3)c(Cl)ccc2c1Sc1cccc(C(=O)O)c1. The first-order valence-electron chi connectivity index (χ1n) is 12.7. The fraction of sp³-hybridized carbons (Fsp3) is 0.267. The molecule has 1 aliphatic rings. The molecule has 3 aromatic carbocycles. The molecule has 1 saturated heterocycles. The number of halogens is 3. The number of carbonyl (C=O) groups is 2. The molecule has 5 rings (SSSR count). The highest BCUT2D eigenvalue weighted by molar-refractivity contribution is 7.99. The molecule has 0 saturated carbocycles. The van der Waals surface area contributed by atoms with Crippen LogP contribution >= 0.6 is 23.4 Å². The minimum absolute atomic E-state index is 0.106. The molecule has 0 radical (unpaired) electrons. The molecule has 2 N–H and O–H groups in total. The van der Waals surface area contributed by atoms with Gasteiger partial charge >= 0.3 is 5.97 Å². The largest absolute Gasteiger partial charge is 0.478 e. The van der Waals surface area contributed by atoms with Gasteiger partial charge in [0, 0.05) is 44.5 Å². The second-order valence-corrected chi connectivity index (χ2v) is 11.4. The summed E-state index contributed by atoms with van der Waals surface area (Å²) in [4.78, 5) is 31.1. The number of aromatic carboxylic acids is 1. The number of alkyl halides is 1. The third-order valence-corrected chi connectivity index (χ3v) is 8.68. The number of hydrogen-bond acceptors (Lipinski definition) is 3. The summed E-state index contributed by atoms with van der Waals surface area (Å²) in [6.07, 6.45) is 0.419. The average molecular weight is 569 g/mol. The van der Waals surface area contributed by atoms with Crippen molar-refractivity contribution < 1.29 is 23.5 Å². The van der Waals surface area contributed by atoms with Crippen molar-refractivity contribution in [3.05, 3.63) is 93.9 Å². The number of piperidine rings is 1. The summed E-state index contributed by atoms with van der Waals surface area (Å²) in [6, 6.07) is 16.3. The van der Waals surface area contributed by atoms with Crippen molar-refractivity contribution in [3.63, 3.8) is 0 Å². The fourth-order valence-corrected chi connectivity index (χ4v) is 6.53. The molecule has 2 unspecified atom stereocenters. The Morgan fingerprint density at radius 2 is 1.95 bits per heavy atom. The van der Waals surface area contributed by atoms with Gasteiger partial charge in [0.05, 0.1) is 11.1 Å². The Kier molecular flexibility index (Phi) is 7.96. The highest BCUT2D eigenvalue weighted by atomic mass is 35.5. The lowest BCUT2D eigenvalue weighted by Gasteiger charge is -2.34. The van der Waals surface area contributed by atoms with E-state index in [4.69, 9.17) is 11.6 Å². The molecule has 2 atom stereocenters. The van der Waals surface area contributed by atoms with E-state index in [1.807, 2.05) is 13.0 Å². The molecule has 0 aliphatic carbocycles. The number of fused-ring (bicyclic) bond motifs is 1. The van der Waals surface area contributed by atoms with Gasteiger partial charge in [0.2, 0.25) is 6.17 Å². The number of aryl methyl sites for hydroxylation is 1. The smallest absolute Gasteiger partial charge is 0.335 e. The third-order valence-electron chi connectivity index (χ3n) is 7.13. The summed E-state index contributed by atoms with van der Waals surface area (Å²) in [5.74, 6) is -1.77. The zero-order valence-electron chi connectivity index (χ0n) is 21.2. The van der Waals surface area contributed by atoms with Crippen LogP contribution in [-0.2, 0) is 11.2 Å². The van der Waals surface area contributed by atoms with E-state index in [1.165, 1.54) is 30.0 Å². The number of carboxylic acids is 1. The zero-order valence-corrected chi connectivity index (χ0v) is 22.8. The number of carbonyl (C=O) groups excluding carboxylic acids is 1. The van der Waals surface area contributed by atoms with E-state index in [0.717, 1.165) is 33.9 Å². The van der Waals surface area contributed by atoms with E-state index in [1.54, 1.807) is 41.3 Å². The van der Waals surface area contributed by atoms with Crippen molar-refractivity contribution in [2.75, 3.05) is 13.1 Å². The van der Waals surface area contributed by atoms with Gasteiger partial charge in [-0.3, -0.25) is 4.79 Å². The molecular formula is C30H27ClF2N2O3S. The van der Waals surface area contributed by atoms with Crippen LogP contribution in [0.3, 0.4) is 0 Å². The van der Waals surface area contributed by atoms with Crippen LogP contribution in [0, 0.1) is 18.7 Å². The third kappa shape index (κ3) is 5.82. The van der Waals surface area contributed by atoms with Crippen LogP contribution in [0.4, 0.5) is 8.78 Å². The standard InChI is InChI=1S/C30H27ClF2N2O3S/c1-17-28(39-22-6-2-5-20(15-22)30(37)38)23-11-12-24(31)25(27(23)34-17)26(33)29(36)35-13-3-4-19(16-35)14-18-7-9-21(32)10-8-18/h2,5-12,15,19,26,34H,3-4,13-14,16H2,1H3,(H,37,38). The Bertz CT molecular complexity index is 1540. The Balaban J connectivity index is 1.39. The number of nitrogens with one attached hydrogen (secondary N) is 1. The minimum atomic E-state index is -1.95. The van der Waals surface area contributed by atoms with Crippen LogP contribution in [0.25, 0.3) is 10.9 Å². The number of rotatable bonds is 7. The molecule has 4 aromatic rings. The first-order chi connectivity index (χ1) is 18.7. The normalized spacial score (nSPS) is 16.4. The number of likely N-dealkylation sites (tertiary alicyclic amines) is 1. The average Bonchev–Trinajstić information content (AvgIpc) is 3.24. The number of amides is 1. The topological polar surface area (TPSA) is 73.4 Å². The molecule has 1 aliphatic heterocycles. The number of hydrogen-bond donors (Lipinski definition) is 2. The fourth-order valence-electron chi connectivity index (χ4n) is 5.22. The van der Waals surface area contributed by atoms with Crippen LogP contribution in [0.2, 0.25) is 5.02 Å². The van der Waals surface area contributed by atoms with Crippen molar-refractivity contribution in [1.29, 1.82) is 0 Å². The Morgan fingerprint density at radius 3 is 2.69 bits per heavy atom. The molecule has 2 heterocycles. The quantitative estimate of drug-likeness (QED) is 0.241. The predicted octanol–water partition coefficient (Wildman–Crippen LogP) is 7.61. The lowest BCUT2D eigenvalue weighted by atomic mass is 9.91. The van der Waals surface area contributed by atoms with Crippen molar-refractivity contribution in [3.8, 4) is 0 Å². The lowest BCUT2D eigenvalue weighted by molar-refractivity contribution is -0.138. The summed E-state index contributed by atoms with van der Waals surface area (Å²) in [5, 5.41) is 10.2. The maximum absolute atomic E-state index is 16.0. The summed E-state index contributed by atoms with van der Waals surface area (Å²) in [6.45, 7) is 2.74. The van der Waals surface area contributed by atoms with E-state index in [-0.39, 0.29) is 27.9 Å². The molecular weight excluding hydrogens is 542 g/mol. The van der Waals surface area contributed by atoms with E-state index in [9.17, 15) is 19.1 Å². The first-order valence-corrected chi connectivity index (χ1v) is 13.9. The van der Waals surface area contributed by atoms with Crippen molar-refractivity contribution in [2.24, 2.45) is 5.92 Å². The van der Waals surface area contributed by atoms with E-state index >= 15 is 4.39 Å². The van der Waals surface area contributed by atoms with Gasteiger partial charge in [0.25, 0.3) is 5.91 Å². The van der Waals surface area contributed by atoms with Crippen molar-refractivity contribution in [1.82, 2.24) is 9.88 Å². The van der Waals surface area contributed by atoms with Crippen LogP contribution in [0.1, 0.15) is 46.2 Å².